The van der Waals surface area contributed by atoms with Gasteiger partial charge in [0.05, 0.1) is 24.6 Å². The van der Waals surface area contributed by atoms with Crippen molar-refractivity contribution in [1.82, 2.24) is 5.32 Å². The van der Waals surface area contributed by atoms with Crippen molar-refractivity contribution in [3.63, 3.8) is 0 Å². The predicted molar refractivity (Wildman–Crippen MR) is 74.1 cm³/mol. The topological polar surface area (TPSA) is 55.4 Å². The Bertz CT molecular complexity index is 544. The second kappa shape index (κ2) is 5.67. The van der Waals surface area contributed by atoms with Gasteiger partial charge in [-0.3, -0.25) is 10.1 Å². The monoisotopic (exact) mass is 273 g/mol. The van der Waals surface area contributed by atoms with Crippen LogP contribution >= 0.6 is 0 Å². The van der Waals surface area contributed by atoms with Crippen LogP contribution in [-0.4, -0.2) is 5.78 Å². The van der Waals surface area contributed by atoms with Gasteiger partial charge in [-0.15, -0.1) is 0 Å². The fraction of sp³-hybridized carbons (Fsp3) is 0.438. The van der Waals surface area contributed by atoms with Crippen molar-refractivity contribution in [3.05, 3.63) is 48.3 Å². The van der Waals surface area contributed by atoms with Crippen molar-refractivity contribution < 1.29 is 13.6 Å². The van der Waals surface area contributed by atoms with Crippen LogP contribution in [0.2, 0.25) is 0 Å². The zero-order chi connectivity index (χ0) is 13.9. The highest BCUT2D eigenvalue weighted by Gasteiger charge is 2.39. The lowest BCUT2D eigenvalue weighted by Crippen LogP contribution is -2.42. The summed E-state index contributed by atoms with van der Waals surface area (Å²) in [6.07, 6.45) is 5.64. The molecular formula is C16H19NO3. The van der Waals surface area contributed by atoms with Crippen LogP contribution in [-0.2, 0) is 4.79 Å². The Morgan fingerprint density at radius 2 is 1.90 bits per heavy atom. The fourth-order valence-corrected chi connectivity index (χ4v) is 2.99. The first-order valence-corrected chi connectivity index (χ1v) is 7.15. The van der Waals surface area contributed by atoms with Crippen LogP contribution in [0.25, 0.3) is 0 Å². The number of ketones is 1. The van der Waals surface area contributed by atoms with Crippen molar-refractivity contribution in [3.8, 4) is 0 Å². The molecule has 1 aliphatic heterocycles. The van der Waals surface area contributed by atoms with Gasteiger partial charge in [0, 0.05) is 12.3 Å². The van der Waals surface area contributed by atoms with Crippen LogP contribution in [0.3, 0.4) is 0 Å². The smallest absolute Gasteiger partial charge is 0.140 e. The summed E-state index contributed by atoms with van der Waals surface area (Å²) in [6.45, 7) is 2.10. The van der Waals surface area contributed by atoms with Gasteiger partial charge >= 0.3 is 0 Å². The van der Waals surface area contributed by atoms with Gasteiger partial charge in [0.15, 0.2) is 0 Å². The largest absolute Gasteiger partial charge is 0.468 e. The van der Waals surface area contributed by atoms with Crippen molar-refractivity contribution in [1.29, 1.82) is 0 Å². The van der Waals surface area contributed by atoms with Gasteiger partial charge in [-0.1, -0.05) is 13.3 Å². The van der Waals surface area contributed by atoms with Gasteiger partial charge < -0.3 is 8.83 Å². The van der Waals surface area contributed by atoms with Crippen LogP contribution in [0, 0.1) is 5.92 Å². The average Bonchev–Trinajstić information content (AvgIpc) is 3.14. The molecule has 0 aliphatic carbocycles. The lowest BCUT2D eigenvalue weighted by molar-refractivity contribution is -0.127. The summed E-state index contributed by atoms with van der Waals surface area (Å²) in [5.41, 5.74) is 0. The van der Waals surface area contributed by atoms with Crippen LogP contribution < -0.4 is 5.32 Å². The Labute approximate surface area is 118 Å². The SMILES string of the molecule is CCC[C@H]1C(=O)C[C@@H](c2ccco2)N[C@@H]1c1ccco1. The normalized spacial score (nSPS) is 26.9. The zero-order valence-corrected chi connectivity index (χ0v) is 11.5. The Balaban J connectivity index is 1.87. The molecule has 20 heavy (non-hydrogen) atoms. The second-order valence-corrected chi connectivity index (χ2v) is 5.29. The van der Waals surface area contributed by atoms with Crippen LogP contribution in [0.4, 0.5) is 0 Å². The minimum Gasteiger partial charge on any atom is -0.468 e. The van der Waals surface area contributed by atoms with E-state index in [0.29, 0.717) is 6.42 Å². The number of rotatable bonds is 4. The number of Topliss-reactive ketones (excluding diaryl/α,β-unsaturated/α-hetero) is 1. The molecule has 3 heterocycles. The van der Waals surface area contributed by atoms with Gasteiger partial charge in [0.25, 0.3) is 0 Å². The zero-order valence-electron chi connectivity index (χ0n) is 11.5. The fourth-order valence-electron chi connectivity index (χ4n) is 2.99. The van der Waals surface area contributed by atoms with Gasteiger partial charge in [0.2, 0.25) is 0 Å². The third-order valence-electron chi connectivity index (χ3n) is 3.94. The Morgan fingerprint density at radius 1 is 1.20 bits per heavy atom. The predicted octanol–water partition coefficient (Wildman–Crippen LogP) is 3.63. The molecule has 106 valence electrons. The van der Waals surface area contributed by atoms with Crippen LogP contribution in [0.5, 0.6) is 0 Å². The molecule has 0 radical (unpaired) electrons. The summed E-state index contributed by atoms with van der Waals surface area (Å²) in [7, 11) is 0. The number of furan rings is 2. The summed E-state index contributed by atoms with van der Waals surface area (Å²) in [4.78, 5) is 12.5. The summed E-state index contributed by atoms with van der Waals surface area (Å²) < 4.78 is 11.0. The number of carbonyl (C=O) groups is 1. The highest BCUT2D eigenvalue weighted by atomic mass is 16.3. The maximum atomic E-state index is 12.5. The van der Waals surface area contributed by atoms with E-state index in [-0.39, 0.29) is 23.8 Å². The lowest BCUT2D eigenvalue weighted by Gasteiger charge is -2.34. The maximum absolute atomic E-state index is 12.5. The van der Waals surface area contributed by atoms with Crippen molar-refractivity contribution in [2.24, 2.45) is 5.92 Å². The van der Waals surface area contributed by atoms with E-state index in [1.54, 1.807) is 12.5 Å². The van der Waals surface area contributed by atoms with Gasteiger partial charge in [-0.05, 0) is 30.7 Å². The van der Waals surface area contributed by atoms with Gasteiger partial charge in [-0.2, -0.15) is 0 Å². The van der Waals surface area contributed by atoms with E-state index in [1.165, 1.54) is 0 Å². The highest BCUT2D eigenvalue weighted by molar-refractivity contribution is 5.83. The molecule has 3 atom stereocenters. The van der Waals surface area contributed by atoms with E-state index in [9.17, 15) is 4.79 Å². The van der Waals surface area contributed by atoms with Crippen LogP contribution in [0.15, 0.2) is 45.6 Å². The van der Waals surface area contributed by atoms with Gasteiger partial charge in [-0.25, -0.2) is 0 Å². The quantitative estimate of drug-likeness (QED) is 0.924. The molecule has 0 aromatic carbocycles. The molecule has 1 fully saturated rings. The lowest BCUT2D eigenvalue weighted by atomic mass is 9.81. The Morgan fingerprint density at radius 3 is 2.50 bits per heavy atom. The summed E-state index contributed by atoms with van der Waals surface area (Å²) >= 11 is 0. The number of piperidine rings is 1. The number of carbonyl (C=O) groups excluding carboxylic acids is 1. The molecule has 2 aromatic rings. The first-order chi connectivity index (χ1) is 9.79. The Hall–Kier alpha value is -1.81. The molecule has 0 bridgehead atoms. The first-order valence-electron chi connectivity index (χ1n) is 7.15. The maximum Gasteiger partial charge on any atom is 0.140 e. The first kappa shape index (κ1) is 13.2. The second-order valence-electron chi connectivity index (χ2n) is 5.29. The number of hydrogen-bond donors (Lipinski definition) is 1. The molecule has 4 heteroatoms. The van der Waals surface area contributed by atoms with Crippen LogP contribution in [0.1, 0.15) is 49.8 Å². The summed E-state index contributed by atoms with van der Waals surface area (Å²) in [5.74, 6) is 1.91. The van der Waals surface area contributed by atoms with Crippen molar-refractivity contribution in [2.75, 3.05) is 0 Å². The summed E-state index contributed by atoms with van der Waals surface area (Å²) in [6, 6.07) is 7.41. The molecule has 0 spiro atoms. The number of hydrogen-bond acceptors (Lipinski definition) is 4. The number of nitrogens with one attached hydrogen (secondary N) is 1. The van der Waals surface area contributed by atoms with E-state index in [1.807, 2.05) is 24.3 Å². The molecule has 4 nitrogen and oxygen atoms in total. The Kier molecular flexibility index (Phi) is 3.74. The third kappa shape index (κ3) is 2.43. The summed E-state index contributed by atoms with van der Waals surface area (Å²) in [5, 5.41) is 3.52. The molecule has 2 aromatic heterocycles. The molecule has 0 saturated carbocycles. The molecule has 0 amide bonds. The van der Waals surface area contributed by atoms with E-state index >= 15 is 0 Å². The molecule has 1 aliphatic rings. The standard InChI is InChI=1S/C16H19NO3/c1-2-5-11-13(18)10-12(14-6-3-8-19-14)17-16(11)15-7-4-9-20-15/h3-4,6-9,11-12,16-17H,2,5,10H2,1H3/t11-,12-,16-/m0/s1. The van der Waals surface area contributed by atoms with Gasteiger partial charge in [0.1, 0.15) is 17.3 Å². The van der Waals surface area contributed by atoms with E-state index in [0.717, 1.165) is 24.4 Å². The van der Waals surface area contributed by atoms with E-state index in [4.69, 9.17) is 8.83 Å². The van der Waals surface area contributed by atoms with Crippen molar-refractivity contribution >= 4 is 5.78 Å². The van der Waals surface area contributed by atoms with E-state index in [2.05, 4.69) is 12.2 Å². The average molecular weight is 273 g/mol. The van der Waals surface area contributed by atoms with E-state index < -0.39 is 0 Å². The molecule has 0 unspecified atom stereocenters. The molecular weight excluding hydrogens is 254 g/mol. The highest BCUT2D eigenvalue weighted by Crippen LogP contribution is 2.37. The molecule has 1 saturated heterocycles. The van der Waals surface area contributed by atoms with Crippen molar-refractivity contribution in [2.45, 2.75) is 38.3 Å². The molecule has 1 N–H and O–H groups in total. The third-order valence-corrected chi connectivity index (χ3v) is 3.94. The minimum absolute atomic E-state index is 0.0163. The minimum atomic E-state index is -0.0688. The molecule has 3 rings (SSSR count).